The van der Waals surface area contributed by atoms with Crippen molar-refractivity contribution in [2.24, 2.45) is 0 Å². The summed E-state index contributed by atoms with van der Waals surface area (Å²) >= 11 is 0. The fraction of sp³-hybridized carbons (Fsp3) is 0.423. The average molecular weight is 449 g/mol. The zero-order valence-electron chi connectivity index (χ0n) is 19.9. The molecule has 0 spiro atoms. The van der Waals surface area contributed by atoms with Crippen LogP contribution in [-0.4, -0.2) is 58.9 Å². The Morgan fingerprint density at radius 2 is 2.03 bits per heavy atom. The summed E-state index contributed by atoms with van der Waals surface area (Å²) < 4.78 is 8.13. The van der Waals surface area contributed by atoms with Crippen LogP contribution in [0.2, 0.25) is 0 Å². The standard InChI is InChI=1S/C26H32N4O3/c1-5-24(31)29-12-13-33-20(16-29)7-9-22-25(28-23-14-17(2)10-11-30(22)23)21-8-6-19(15-18(21)3)26(32)27-4/h6,8,10-11,14-15,20H,5,7,9,12-13,16H2,1-4H3,(H,27,32)/t20-/m0/s1. The second-order valence-corrected chi connectivity index (χ2v) is 8.67. The van der Waals surface area contributed by atoms with Crippen LogP contribution in [0.5, 0.6) is 0 Å². The first-order valence-corrected chi connectivity index (χ1v) is 11.6. The number of ether oxygens (including phenoxy) is 1. The molecule has 0 saturated carbocycles. The summed E-state index contributed by atoms with van der Waals surface area (Å²) in [6.07, 6.45) is 4.18. The van der Waals surface area contributed by atoms with Crippen LogP contribution in [0, 0.1) is 13.8 Å². The topological polar surface area (TPSA) is 75.9 Å². The van der Waals surface area contributed by atoms with Crippen molar-refractivity contribution in [3.63, 3.8) is 0 Å². The van der Waals surface area contributed by atoms with E-state index in [1.54, 1.807) is 7.05 Å². The number of carbonyl (C=O) groups excluding carboxylic acids is 2. The monoisotopic (exact) mass is 448 g/mol. The number of pyridine rings is 1. The van der Waals surface area contributed by atoms with E-state index in [1.807, 2.05) is 36.9 Å². The molecule has 0 radical (unpaired) electrons. The lowest BCUT2D eigenvalue weighted by Crippen LogP contribution is -2.45. The second kappa shape index (κ2) is 9.75. The van der Waals surface area contributed by atoms with Crippen molar-refractivity contribution >= 4 is 17.5 Å². The number of aryl methyl sites for hydroxylation is 3. The van der Waals surface area contributed by atoms with Crippen molar-refractivity contribution < 1.29 is 14.3 Å². The minimum Gasteiger partial charge on any atom is -0.375 e. The third-order valence-corrected chi connectivity index (χ3v) is 6.35. The van der Waals surface area contributed by atoms with Crippen molar-refractivity contribution in [3.8, 4) is 11.3 Å². The Labute approximate surface area is 194 Å². The molecule has 2 amide bonds. The number of nitrogens with zero attached hydrogens (tertiary/aromatic N) is 3. The summed E-state index contributed by atoms with van der Waals surface area (Å²) in [5, 5.41) is 2.68. The molecule has 33 heavy (non-hydrogen) atoms. The predicted molar refractivity (Wildman–Crippen MR) is 128 cm³/mol. The zero-order valence-corrected chi connectivity index (χ0v) is 19.9. The van der Waals surface area contributed by atoms with Gasteiger partial charge >= 0.3 is 0 Å². The van der Waals surface area contributed by atoms with Crippen LogP contribution < -0.4 is 5.32 Å². The molecule has 7 heteroatoms. The maximum Gasteiger partial charge on any atom is 0.251 e. The van der Waals surface area contributed by atoms with Crippen molar-refractivity contribution in [1.29, 1.82) is 0 Å². The van der Waals surface area contributed by atoms with Crippen molar-refractivity contribution in [1.82, 2.24) is 19.6 Å². The Bertz CT molecular complexity index is 1180. The van der Waals surface area contributed by atoms with Gasteiger partial charge in [-0.1, -0.05) is 13.0 Å². The largest absolute Gasteiger partial charge is 0.375 e. The molecule has 1 atom stereocenters. The molecule has 2 aromatic heterocycles. The maximum absolute atomic E-state index is 12.2. The molecule has 3 heterocycles. The first-order chi connectivity index (χ1) is 15.9. The van der Waals surface area contributed by atoms with Gasteiger partial charge < -0.3 is 19.4 Å². The minimum absolute atomic E-state index is 0.00909. The number of aromatic nitrogens is 2. The molecule has 1 N–H and O–H groups in total. The van der Waals surface area contributed by atoms with Gasteiger partial charge in [0.1, 0.15) is 5.65 Å². The molecule has 1 aliphatic rings. The maximum atomic E-state index is 12.2. The zero-order chi connectivity index (χ0) is 23.5. The molecule has 1 aliphatic heterocycles. The number of morpholine rings is 1. The number of benzene rings is 1. The number of amides is 2. The van der Waals surface area contributed by atoms with E-state index < -0.39 is 0 Å². The highest BCUT2D eigenvalue weighted by atomic mass is 16.5. The highest BCUT2D eigenvalue weighted by Crippen LogP contribution is 2.30. The van der Waals surface area contributed by atoms with Gasteiger partial charge in [-0.25, -0.2) is 4.98 Å². The molecule has 0 unspecified atom stereocenters. The van der Waals surface area contributed by atoms with Gasteiger partial charge in [0.2, 0.25) is 5.91 Å². The van der Waals surface area contributed by atoms with Crippen LogP contribution in [-0.2, 0) is 16.0 Å². The Morgan fingerprint density at radius 1 is 1.21 bits per heavy atom. The number of fused-ring (bicyclic) bond motifs is 1. The lowest BCUT2D eigenvalue weighted by molar-refractivity contribution is -0.138. The third-order valence-electron chi connectivity index (χ3n) is 6.35. The van der Waals surface area contributed by atoms with Crippen LogP contribution in [0.3, 0.4) is 0 Å². The van der Waals surface area contributed by atoms with E-state index in [-0.39, 0.29) is 17.9 Å². The van der Waals surface area contributed by atoms with E-state index in [0.29, 0.717) is 31.7 Å². The summed E-state index contributed by atoms with van der Waals surface area (Å²) in [6.45, 7) is 7.86. The van der Waals surface area contributed by atoms with E-state index in [1.165, 1.54) is 0 Å². The highest BCUT2D eigenvalue weighted by Gasteiger charge is 2.25. The number of hydrogen-bond donors (Lipinski definition) is 1. The Hall–Kier alpha value is -3.19. The molecule has 1 saturated heterocycles. The van der Waals surface area contributed by atoms with Crippen molar-refractivity contribution in [3.05, 3.63) is 58.9 Å². The molecule has 1 fully saturated rings. The summed E-state index contributed by atoms with van der Waals surface area (Å²) in [5.74, 6) is 0.0808. The van der Waals surface area contributed by atoms with Gasteiger partial charge in [0.15, 0.2) is 0 Å². The number of nitrogens with one attached hydrogen (secondary N) is 1. The first-order valence-electron chi connectivity index (χ1n) is 11.6. The number of imidazole rings is 1. The fourth-order valence-corrected chi connectivity index (χ4v) is 4.51. The normalized spacial score (nSPS) is 16.2. The summed E-state index contributed by atoms with van der Waals surface area (Å²) in [4.78, 5) is 31.1. The quantitative estimate of drug-likeness (QED) is 0.626. The SMILES string of the molecule is CCC(=O)N1CCO[C@@H](CCc2c(-c3ccc(C(=O)NC)cc3C)nc3cc(C)ccn23)C1. The number of rotatable bonds is 6. The van der Waals surface area contributed by atoms with Crippen molar-refractivity contribution in [2.45, 2.75) is 46.1 Å². The van der Waals surface area contributed by atoms with E-state index in [9.17, 15) is 9.59 Å². The van der Waals surface area contributed by atoms with Crippen LogP contribution >= 0.6 is 0 Å². The lowest BCUT2D eigenvalue weighted by Gasteiger charge is -2.33. The fourth-order valence-electron chi connectivity index (χ4n) is 4.51. The van der Waals surface area contributed by atoms with E-state index >= 15 is 0 Å². The molecule has 7 nitrogen and oxygen atoms in total. The Morgan fingerprint density at radius 3 is 2.76 bits per heavy atom. The highest BCUT2D eigenvalue weighted by molar-refractivity contribution is 5.95. The van der Waals surface area contributed by atoms with Crippen LogP contribution in [0.15, 0.2) is 36.5 Å². The molecular formula is C26H32N4O3. The smallest absolute Gasteiger partial charge is 0.251 e. The average Bonchev–Trinajstić information content (AvgIpc) is 3.18. The van der Waals surface area contributed by atoms with Gasteiger partial charge in [-0.3, -0.25) is 9.59 Å². The van der Waals surface area contributed by atoms with Crippen LogP contribution in [0.1, 0.15) is 46.9 Å². The molecular weight excluding hydrogens is 416 g/mol. The van der Waals surface area contributed by atoms with Crippen LogP contribution in [0.25, 0.3) is 16.9 Å². The first kappa shape index (κ1) is 23.0. The van der Waals surface area contributed by atoms with Crippen LogP contribution in [0.4, 0.5) is 0 Å². The molecule has 4 rings (SSSR count). The molecule has 0 aliphatic carbocycles. The lowest BCUT2D eigenvalue weighted by atomic mass is 9.99. The van der Waals surface area contributed by atoms with E-state index in [2.05, 4.69) is 35.0 Å². The Balaban J connectivity index is 1.66. The Kier molecular flexibility index (Phi) is 6.79. The number of hydrogen-bond acceptors (Lipinski definition) is 4. The molecule has 174 valence electrons. The molecule has 1 aromatic carbocycles. The summed E-state index contributed by atoms with van der Waals surface area (Å²) in [7, 11) is 1.64. The number of carbonyl (C=O) groups is 2. The van der Waals surface area contributed by atoms with Gasteiger partial charge in [0, 0.05) is 43.9 Å². The molecule has 0 bridgehead atoms. The van der Waals surface area contributed by atoms with Gasteiger partial charge in [0.05, 0.1) is 24.1 Å². The summed E-state index contributed by atoms with van der Waals surface area (Å²) in [5.41, 5.74) is 6.76. The second-order valence-electron chi connectivity index (χ2n) is 8.67. The van der Waals surface area contributed by atoms with Crippen molar-refractivity contribution in [2.75, 3.05) is 26.7 Å². The van der Waals surface area contributed by atoms with Gasteiger partial charge in [-0.15, -0.1) is 0 Å². The van der Waals surface area contributed by atoms with E-state index in [0.717, 1.165) is 46.6 Å². The minimum atomic E-state index is -0.101. The van der Waals surface area contributed by atoms with Gasteiger partial charge in [0.25, 0.3) is 5.91 Å². The van der Waals surface area contributed by atoms with Gasteiger partial charge in [-0.2, -0.15) is 0 Å². The van der Waals surface area contributed by atoms with E-state index in [4.69, 9.17) is 9.72 Å². The predicted octanol–water partition coefficient (Wildman–Crippen LogP) is 3.55. The molecule has 3 aromatic rings. The third kappa shape index (κ3) is 4.78. The summed E-state index contributed by atoms with van der Waals surface area (Å²) in [6, 6.07) is 9.91. The van der Waals surface area contributed by atoms with Gasteiger partial charge in [-0.05, 0) is 62.1 Å².